The Balaban J connectivity index is 1.98. The second-order valence-corrected chi connectivity index (χ2v) is 4.49. The van der Waals surface area contributed by atoms with E-state index in [-0.39, 0.29) is 0 Å². The molecule has 0 aliphatic heterocycles. The van der Waals surface area contributed by atoms with E-state index in [9.17, 15) is 0 Å². The Morgan fingerprint density at radius 3 is 2.00 bits per heavy atom. The topological polar surface area (TPSA) is 0 Å². The minimum absolute atomic E-state index is 0.379. The standard InChI is InChI=1S/C12H18/c1-2-12(9-10-12)11-7-5-3-4-6-8-11/h1,11H,3-10H2. The molecule has 0 spiro atoms. The van der Waals surface area contributed by atoms with Crippen LogP contribution in [0.4, 0.5) is 0 Å². The second kappa shape index (κ2) is 3.13. The van der Waals surface area contributed by atoms with E-state index in [0.717, 1.165) is 5.92 Å². The Morgan fingerprint density at radius 1 is 1.00 bits per heavy atom. The molecule has 0 bridgehead atoms. The maximum atomic E-state index is 5.60. The van der Waals surface area contributed by atoms with Crippen molar-refractivity contribution < 1.29 is 0 Å². The average molecular weight is 162 g/mol. The highest BCUT2D eigenvalue weighted by Crippen LogP contribution is 2.55. The third kappa shape index (κ3) is 1.38. The first-order valence-electron chi connectivity index (χ1n) is 5.35. The molecule has 2 rings (SSSR count). The normalized spacial score (nSPS) is 28.9. The number of hydrogen-bond donors (Lipinski definition) is 0. The van der Waals surface area contributed by atoms with Crippen molar-refractivity contribution in [3.8, 4) is 12.3 Å². The Hall–Kier alpha value is -0.440. The number of rotatable bonds is 1. The largest absolute Gasteiger partial charge is 0.120 e. The van der Waals surface area contributed by atoms with Crippen LogP contribution in [0.15, 0.2) is 0 Å². The van der Waals surface area contributed by atoms with Crippen LogP contribution in [0, 0.1) is 23.7 Å². The van der Waals surface area contributed by atoms with Crippen molar-refractivity contribution in [2.24, 2.45) is 11.3 Å². The van der Waals surface area contributed by atoms with E-state index in [0.29, 0.717) is 5.41 Å². The lowest BCUT2D eigenvalue weighted by Gasteiger charge is -2.20. The zero-order valence-electron chi connectivity index (χ0n) is 7.81. The third-order valence-corrected chi connectivity index (χ3v) is 3.71. The molecule has 0 atom stereocenters. The van der Waals surface area contributed by atoms with E-state index >= 15 is 0 Å². The van der Waals surface area contributed by atoms with E-state index in [4.69, 9.17) is 6.42 Å². The fourth-order valence-electron chi connectivity index (χ4n) is 2.64. The fraction of sp³-hybridized carbons (Fsp3) is 0.833. The van der Waals surface area contributed by atoms with E-state index in [1.54, 1.807) is 0 Å². The summed E-state index contributed by atoms with van der Waals surface area (Å²) in [5.41, 5.74) is 0.379. The Morgan fingerprint density at radius 2 is 1.58 bits per heavy atom. The Kier molecular flexibility index (Phi) is 2.13. The lowest BCUT2D eigenvalue weighted by atomic mass is 9.84. The van der Waals surface area contributed by atoms with Gasteiger partial charge in [0.15, 0.2) is 0 Å². The molecule has 0 amide bonds. The zero-order chi connectivity index (χ0) is 8.44. The van der Waals surface area contributed by atoms with Crippen LogP contribution in [-0.4, -0.2) is 0 Å². The van der Waals surface area contributed by atoms with Crippen molar-refractivity contribution in [3.05, 3.63) is 0 Å². The molecule has 0 heterocycles. The maximum absolute atomic E-state index is 5.60. The van der Waals surface area contributed by atoms with Gasteiger partial charge in [-0.25, -0.2) is 0 Å². The van der Waals surface area contributed by atoms with Crippen LogP contribution in [0.25, 0.3) is 0 Å². The van der Waals surface area contributed by atoms with Gasteiger partial charge in [-0.2, -0.15) is 0 Å². The third-order valence-electron chi connectivity index (χ3n) is 3.71. The number of terminal acetylenes is 1. The quantitative estimate of drug-likeness (QED) is 0.409. The Bertz CT molecular complexity index is 185. The highest BCUT2D eigenvalue weighted by Gasteiger charge is 2.47. The van der Waals surface area contributed by atoms with Gasteiger partial charge in [0.25, 0.3) is 0 Å². The molecule has 2 aliphatic rings. The molecular formula is C12H18. The van der Waals surface area contributed by atoms with E-state index in [2.05, 4.69) is 5.92 Å². The number of hydrogen-bond acceptors (Lipinski definition) is 0. The molecule has 0 aromatic heterocycles. The molecule has 0 aromatic rings. The first-order chi connectivity index (χ1) is 5.87. The Labute approximate surface area is 75.7 Å². The second-order valence-electron chi connectivity index (χ2n) is 4.49. The average Bonchev–Trinajstić information content (AvgIpc) is 2.90. The van der Waals surface area contributed by atoms with Crippen LogP contribution < -0.4 is 0 Å². The molecule has 2 aliphatic carbocycles. The van der Waals surface area contributed by atoms with Crippen molar-refractivity contribution in [3.63, 3.8) is 0 Å². The van der Waals surface area contributed by atoms with Gasteiger partial charge in [0.05, 0.1) is 0 Å². The maximum Gasteiger partial charge on any atom is 0.0341 e. The lowest BCUT2D eigenvalue weighted by molar-refractivity contribution is 0.343. The summed E-state index contributed by atoms with van der Waals surface area (Å²) < 4.78 is 0. The van der Waals surface area contributed by atoms with Gasteiger partial charge in [0.2, 0.25) is 0 Å². The van der Waals surface area contributed by atoms with Gasteiger partial charge in [0, 0.05) is 5.41 Å². The molecule has 0 saturated heterocycles. The van der Waals surface area contributed by atoms with E-state index < -0.39 is 0 Å². The molecule has 66 valence electrons. The summed E-state index contributed by atoms with van der Waals surface area (Å²) in [5, 5.41) is 0. The summed E-state index contributed by atoms with van der Waals surface area (Å²) >= 11 is 0. The molecule has 12 heavy (non-hydrogen) atoms. The van der Waals surface area contributed by atoms with Crippen molar-refractivity contribution in [1.82, 2.24) is 0 Å². The zero-order valence-corrected chi connectivity index (χ0v) is 7.81. The molecule has 0 aromatic carbocycles. The molecule has 2 fully saturated rings. The highest BCUT2D eigenvalue weighted by molar-refractivity contribution is 5.17. The first kappa shape index (κ1) is 8.17. The van der Waals surface area contributed by atoms with Crippen LogP contribution >= 0.6 is 0 Å². The molecule has 0 nitrogen and oxygen atoms in total. The van der Waals surface area contributed by atoms with Crippen molar-refractivity contribution in [1.29, 1.82) is 0 Å². The van der Waals surface area contributed by atoms with Gasteiger partial charge in [-0.05, 0) is 31.6 Å². The molecule has 0 heteroatoms. The van der Waals surface area contributed by atoms with Gasteiger partial charge in [0.1, 0.15) is 0 Å². The van der Waals surface area contributed by atoms with Crippen LogP contribution in [0.3, 0.4) is 0 Å². The summed E-state index contributed by atoms with van der Waals surface area (Å²) in [7, 11) is 0. The summed E-state index contributed by atoms with van der Waals surface area (Å²) in [5.74, 6) is 3.93. The van der Waals surface area contributed by atoms with Gasteiger partial charge >= 0.3 is 0 Å². The smallest absolute Gasteiger partial charge is 0.0341 e. The minimum atomic E-state index is 0.379. The van der Waals surface area contributed by atoms with Crippen molar-refractivity contribution in [2.75, 3.05) is 0 Å². The summed E-state index contributed by atoms with van der Waals surface area (Å²) in [6, 6.07) is 0. The highest BCUT2D eigenvalue weighted by atomic mass is 14.5. The summed E-state index contributed by atoms with van der Waals surface area (Å²) in [6.45, 7) is 0. The van der Waals surface area contributed by atoms with Gasteiger partial charge in [-0.1, -0.05) is 31.6 Å². The lowest BCUT2D eigenvalue weighted by Crippen LogP contribution is -2.13. The SMILES string of the molecule is C#CC1(C2CCCCCC2)CC1. The van der Waals surface area contributed by atoms with Crippen LogP contribution in [-0.2, 0) is 0 Å². The van der Waals surface area contributed by atoms with Crippen LogP contribution in [0.1, 0.15) is 51.4 Å². The van der Waals surface area contributed by atoms with Gasteiger partial charge in [-0.15, -0.1) is 6.42 Å². The molecular weight excluding hydrogens is 144 g/mol. The predicted octanol–water partition coefficient (Wildman–Crippen LogP) is 3.37. The monoisotopic (exact) mass is 162 g/mol. The minimum Gasteiger partial charge on any atom is -0.120 e. The van der Waals surface area contributed by atoms with Gasteiger partial charge < -0.3 is 0 Å². The summed E-state index contributed by atoms with van der Waals surface area (Å²) in [4.78, 5) is 0. The van der Waals surface area contributed by atoms with E-state index in [1.807, 2.05) is 0 Å². The van der Waals surface area contributed by atoms with Gasteiger partial charge in [-0.3, -0.25) is 0 Å². The predicted molar refractivity (Wildman–Crippen MR) is 51.7 cm³/mol. The van der Waals surface area contributed by atoms with Crippen LogP contribution in [0.5, 0.6) is 0 Å². The first-order valence-corrected chi connectivity index (χ1v) is 5.35. The molecule has 0 unspecified atom stereocenters. The van der Waals surface area contributed by atoms with Crippen molar-refractivity contribution in [2.45, 2.75) is 51.4 Å². The molecule has 0 N–H and O–H groups in total. The fourth-order valence-corrected chi connectivity index (χ4v) is 2.64. The molecule has 2 saturated carbocycles. The van der Waals surface area contributed by atoms with E-state index in [1.165, 1.54) is 51.4 Å². The van der Waals surface area contributed by atoms with Crippen molar-refractivity contribution >= 4 is 0 Å². The summed E-state index contributed by atoms with van der Waals surface area (Å²) in [6.07, 6.45) is 16.8. The molecule has 0 radical (unpaired) electrons. The van der Waals surface area contributed by atoms with Crippen LogP contribution in [0.2, 0.25) is 0 Å².